The van der Waals surface area contributed by atoms with Gasteiger partial charge in [0.05, 0.1) is 0 Å². The lowest BCUT2D eigenvalue weighted by atomic mass is 10.0. The molecular weight excluding hydrogens is 314 g/mol. The Morgan fingerprint density at radius 1 is 1.00 bits per heavy atom. The predicted molar refractivity (Wildman–Crippen MR) is 97.6 cm³/mol. The van der Waals surface area contributed by atoms with Crippen LogP contribution in [0.25, 0.3) is 6.08 Å². The molecule has 0 aromatic carbocycles. The molecule has 134 valence electrons. The summed E-state index contributed by atoms with van der Waals surface area (Å²) in [4.78, 5) is 32.7. The summed E-state index contributed by atoms with van der Waals surface area (Å²) in [6.45, 7) is 2.76. The van der Waals surface area contributed by atoms with Crippen LogP contribution in [0.5, 0.6) is 0 Å². The summed E-state index contributed by atoms with van der Waals surface area (Å²) in [5, 5.41) is 0. The smallest absolute Gasteiger partial charge is 0.246 e. The molecule has 3 rings (SSSR count). The SMILES string of the molecule is O=C(C=Cc1ccncc1)N1CCCN(C(=O)CC2CCCC2)CC1. The van der Waals surface area contributed by atoms with Crippen LogP contribution < -0.4 is 0 Å². The van der Waals surface area contributed by atoms with Gasteiger partial charge in [0.15, 0.2) is 0 Å². The van der Waals surface area contributed by atoms with Crippen LogP contribution in [-0.2, 0) is 9.59 Å². The number of pyridine rings is 1. The first kappa shape index (κ1) is 17.6. The van der Waals surface area contributed by atoms with Crippen molar-refractivity contribution in [1.29, 1.82) is 0 Å². The molecule has 1 saturated heterocycles. The van der Waals surface area contributed by atoms with Gasteiger partial charge in [0.25, 0.3) is 0 Å². The third-order valence-corrected chi connectivity index (χ3v) is 5.22. The Hall–Kier alpha value is -2.17. The lowest BCUT2D eigenvalue weighted by molar-refractivity contribution is -0.132. The summed E-state index contributed by atoms with van der Waals surface area (Å²) >= 11 is 0. The molecule has 1 aromatic rings. The summed E-state index contributed by atoms with van der Waals surface area (Å²) in [5.41, 5.74) is 0.964. The Morgan fingerprint density at radius 3 is 2.44 bits per heavy atom. The van der Waals surface area contributed by atoms with Crippen molar-refractivity contribution < 1.29 is 9.59 Å². The molecule has 0 radical (unpaired) electrons. The van der Waals surface area contributed by atoms with Crippen molar-refractivity contribution in [2.45, 2.75) is 38.5 Å². The minimum atomic E-state index is 0.0157. The molecule has 0 bridgehead atoms. The van der Waals surface area contributed by atoms with Crippen LogP contribution in [0.4, 0.5) is 0 Å². The van der Waals surface area contributed by atoms with Crippen molar-refractivity contribution in [1.82, 2.24) is 14.8 Å². The highest BCUT2D eigenvalue weighted by Gasteiger charge is 2.24. The lowest BCUT2D eigenvalue weighted by Gasteiger charge is -2.22. The number of hydrogen-bond acceptors (Lipinski definition) is 3. The fourth-order valence-electron chi connectivity index (χ4n) is 3.73. The number of amides is 2. The Bertz CT molecular complexity index is 609. The van der Waals surface area contributed by atoms with Gasteiger partial charge in [-0.05, 0) is 49.0 Å². The zero-order chi connectivity index (χ0) is 17.5. The highest BCUT2D eigenvalue weighted by molar-refractivity contribution is 5.91. The van der Waals surface area contributed by atoms with E-state index in [0.717, 1.165) is 18.5 Å². The molecule has 5 nitrogen and oxygen atoms in total. The summed E-state index contributed by atoms with van der Waals surface area (Å²) < 4.78 is 0. The molecule has 0 unspecified atom stereocenters. The zero-order valence-corrected chi connectivity index (χ0v) is 14.8. The van der Waals surface area contributed by atoms with E-state index >= 15 is 0 Å². The molecule has 0 N–H and O–H groups in total. The van der Waals surface area contributed by atoms with Crippen LogP contribution >= 0.6 is 0 Å². The fraction of sp³-hybridized carbons (Fsp3) is 0.550. The van der Waals surface area contributed by atoms with E-state index in [0.29, 0.717) is 32.0 Å². The quantitative estimate of drug-likeness (QED) is 0.791. The van der Waals surface area contributed by atoms with Gasteiger partial charge >= 0.3 is 0 Å². The van der Waals surface area contributed by atoms with Crippen LogP contribution in [0.1, 0.15) is 44.1 Å². The van der Waals surface area contributed by atoms with Crippen LogP contribution in [-0.4, -0.2) is 52.8 Å². The predicted octanol–water partition coefficient (Wildman–Crippen LogP) is 2.74. The fourth-order valence-corrected chi connectivity index (χ4v) is 3.73. The Labute approximate surface area is 149 Å². The lowest BCUT2D eigenvalue weighted by Crippen LogP contribution is -2.37. The second kappa shape index (κ2) is 8.79. The van der Waals surface area contributed by atoms with Crippen molar-refractivity contribution in [3.05, 3.63) is 36.2 Å². The molecule has 25 heavy (non-hydrogen) atoms. The van der Waals surface area contributed by atoms with Crippen LogP contribution in [0.15, 0.2) is 30.6 Å². The summed E-state index contributed by atoms with van der Waals surface area (Å²) in [6.07, 6.45) is 13.3. The average Bonchev–Trinajstić information content (AvgIpc) is 3.01. The molecule has 1 aliphatic carbocycles. The van der Waals surface area contributed by atoms with Crippen molar-refractivity contribution >= 4 is 17.9 Å². The molecule has 1 aromatic heterocycles. The van der Waals surface area contributed by atoms with Gasteiger partial charge in [0, 0.05) is 51.1 Å². The third kappa shape index (κ3) is 5.15. The summed E-state index contributed by atoms with van der Waals surface area (Å²) in [5.74, 6) is 0.868. The standard InChI is InChI=1S/C20H27N3O2/c24-19(7-6-17-8-10-21-11-9-17)22-12-3-13-23(15-14-22)20(25)16-18-4-1-2-5-18/h6-11,18H,1-5,12-16H2. The van der Waals surface area contributed by atoms with E-state index < -0.39 is 0 Å². The van der Waals surface area contributed by atoms with E-state index in [1.54, 1.807) is 18.5 Å². The third-order valence-electron chi connectivity index (χ3n) is 5.22. The van der Waals surface area contributed by atoms with E-state index in [-0.39, 0.29) is 11.8 Å². The molecule has 0 spiro atoms. The number of carbonyl (C=O) groups excluding carboxylic acids is 2. The van der Waals surface area contributed by atoms with E-state index in [9.17, 15) is 9.59 Å². The highest BCUT2D eigenvalue weighted by atomic mass is 16.2. The molecule has 2 aliphatic rings. The number of hydrogen-bond donors (Lipinski definition) is 0. The van der Waals surface area contributed by atoms with Crippen LogP contribution in [0, 0.1) is 5.92 Å². The second-order valence-corrected chi connectivity index (χ2v) is 7.03. The largest absolute Gasteiger partial charge is 0.341 e. The monoisotopic (exact) mass is 341 g/mol. The normalized spacial score (nSPS) is 19.4. The Balaban J connectivity index is 1.49. The van der Waals surface area contributed by atoms with Gasteiger partial charge < -0.3 is 9.80 Å². The zero-order valence-electron chi connectivity index (χ0n) is 14.8. The van der Waals surface area contributed by atoms with E-state index in [1.807, 2.05) is 28.0 Å². The molecule has 2 amide bonds. The van der Waals surface area contributed by atoms with Crippen molar-refractivity contribution in [3.8, 4) is 0 Å². The van der Waals surface area contributed by atoms with Crippen molar-refractivity contribution in [2.75, 3.05) is 26.2 Å². The average molecular weight is 341 g/mol. The summed E-state index contributed by atoms with van der Waals surface area (Å²) in [6, 6.07) is 3.74. The van der Waals surface area contributed by atoms with Gasteiger partial charge in [-0.3, -0.25) is 14.6 Å². The molecule has 1 aliphatic heterocycles. The maximum Gasteiger partial charge on any atom is 0.246 e. The van der Waals surface area contributed by atoms with Gasteiger partial charge in [-0.2, -0.15) is 0 Å². The van der Waals surface area contributed by atoms with Crippen LogP contribution in [0.3, 0.4) is 0 Å². The number of aromatic nitrogens is 1. The topological polar surface area (TPSA) is 53.5 Å². The Kier molecular flexibility index (Phi) is 6.20. The molecule has 1 saturated carbocycles. The van der Waals surface area contributed by atoms with Gasteiger partial charge in [0.2, 0.25) is 11.8 Å². The van der Waals surface area contributed by atoms with Crippen LogP contribution in [0.2, 0.25) is 0 Å². The number of rotatable bonds is 4. The molecule has 2 fully saturated rings. The van der Waals surface area contributed by atoms with E-state index in [1.165, 1.54) is 25.7 Å². The van der Waals surface area contributed by atoms with Crippen molar-refractivity contribution in [3.63, 3.8) is 0 Å². The van der Waals surface area contributed by atoms with Gasteiger partial charge in [-0.25, -0.2) is 0 Å². The van der Waals surface area contributed by atoms with Gasteiger partial charge in [-0.1, -0.05) is 12.8 Å². The number of nitrogens with zero attached hydrogens (tertiary/aromatic N) is 3. The van der Waals surface area contributed by atoms with E-state index in [2.05, 4.69) is 4.98 Å². The van der Waals surface area contributed by atoms with Gasteiger partial charge in [0.1, 0.15) is 0 Å². The van der Waals surface area contributed by atoms with Crippen molar-refractivity contribution in [2.24, 2.45) is 5.92 Å². The molecular formula is C20H27N3O2. The first-order chi connectivity index (χ1) is 12.2. The maximum absolute atomic E-state index is 12.5. The minimum Gasteiger partial charge on any atom is -0.341 e. The summed E-state index contributed by atoms with van der Waals surface area (Å²) in [7, 11) is 0. The molecule has 2 heterocycles. The first-order valence-corrected chi connectivity index (χ1v) is 9.37. The highest BCUT2D eigenvalue weighted by Crippen LogP contribution is 2.28. The second-order valence-electron chi connectivity index (χ2n) is 7.03. The minimum absolute atomic E-state index is 0.0157. The van der Waals surface area contributed by atoms with Gasteiger partial charge in [-0.15, -0.1) is 0 Å². The molecule has 5 heteroatoms. The first-order valence-electron chi connectivity index (χ1n) is 9.37. The Morgan fingerprint density at radius 2 is 1.68 bits per heavy atom. The molecule has 0 atom stereocenters. The maximum atomic E-state index is 12.5. The number of carbonyl (C=O) groups is 2. The van der Waals surface area contributed by atoms with E-state index in [4.69, 9.17) is 0 Å².